The van der Waals surface area contributed by atoms with E-state index in [0.29, 0.717) is 103 Å². The molecule has 21 heteroatoms. The molecular formula is C41H59Cl2N9O9S. The molecule has 3 aliphatic rings. The van der Waals surface area contributed by atoms with Crippen molar-refractivity contribution in [1.29, 1.82) is 0 Å². The largest absolute Gasteiger partial charge is 0.379 e. The summed E-state index contributed by atoms with van der Waals surface area (Å²) in [6.45, 7) is 4.80. The van der Waals surface area contributed by atoms with Crippen LogP contribution in [-0.2, 0) is 28.6 Å². The van der Waals surface area contributed by atoms with Crippen LogP contribution in [0.5, 0.6) is 0 Å². The van der Waals surface area contributed by atoms with Gasteiger partial charge in [0.1, 0.15) is 5.69 Å². The molecule has 7 amide bonds. The first kappa shape index (κ1) is 48.9. The average Bonchev–Trinajstić information content (AvgIpc) is 3.97. The maximum Gasteiger partial charge on any atom is 0.315 e. The van der Waals surface area contributed by atoms with Crippen molar-refractivity contribution < 1.29 is 43.0 Å². The quantitative estimate of drug-likeness (QED) is 0.0505. The summed E-state index contributed by atoms with van der Waals surface area (Å²) >= 11 is 14.2. The summed E-state index contributed by atoms with van der Waals surface area (Å²) in [5.41, 5.74) is 0.349. The molecule has 18 nitrogen and oxygen atoms in total. The number of ether oxygens (including phenoxy) is 3. The number of fused-ring (bicyclic) bond motifs is 1. The second-order valence-corrected chi connectivity index (χ2v) is 17.4. The molecule has 3 atom stereocenters. The van der Waals surface area contributed by atoms with Gasteiger partial charge >= 0.3 is 6.03 Å². The van der Waals surface area contributed by atoms with E-state index in [4.69, 9.17) is 37.4 Å². The minimum Gasteiger partial charge on any atom is -0.379 e. The predicted octanol–water partition coefficient (Wildman–Crippen LogP) is 3.65. The maximum absolute atomic E-state index is 13.0. The monoisotopic (exact) mass is 923 g/mol. The van der Waals surface area contributed by atoms with Gasteiger partial charge in [0, 0.05) is 75.7 Å². The van der Waals surface area contributed by atoms with Crippen molar-refractivity contribution in [2.45, 2.75) is 94.0 Å². The van der Waals surface area contributed by atoms with Crippen LogP contribution in [0.2, 0.25) is 10.0 Å². The first-order valence-corrected chi connectivity index (χ1v) is 23.2. The smallest absolute Gasteiger partial charge is 0.315 e. The second kappa shape index (κ2) is 26.5. The molecule has 1 aromatic carbocycles. The molecule has 5 rings (SSSR count). The zero-order chi connectivity index (χ0) is 44.1. The van der Waals surface area contributed by atoms with Gasteiger partial charge in [-0.25, -0.2) is 4.79 Å². The number of urea groups is 1. The Hall–Kier alpha value is -4.14. The topological polar surface area (TPSA) is 234 Å². The van der Waals surface area contributed by atoms with E-state index < -0.39 is 11.8 Å². The fraction of sp³-hybridized carbons (Fsp3) is 0.634. The van der Waals surface area contributed by atoms with Gasteiger partial charge in [0.05, 0.1) is 66.0 Å². The van der Waals surface area contributed by atoms with E-state index in [9.17, 15) is 28.8 Å². The number of amides is 7. The molecule has 0 bridgehead atoms. The van der Waals surface area contributed by atoms with Crippen LogP contribution in [0.4, 0.5) is 10.5 Å². The summed E-state index contributed by atoms with van der Waals surface area (Å²) in [4.78, 5) is 76.3. The van der Waals surface area contributed by atoms with Gasteiger partial charge < -0.3 is 51.0 Å². The Morgan fingerprint density at radius 2 is 1.42 bits per heavy atom. The Morgan fingerprint density at radius 3 is 2.08 bits per heavy atom. The van der Waals surface area contributed by atoms with Gasteiger partial charge in [0.15, 0.2) is 0 Å². The number of halogens is 2. The van der Waals surface area contributed by atoms with E-state index in [-0.39, 0.29) is 81.7 Å². The van der Waals surface area contributed by atoms with E-state index in [0.717, 1.165) is 31.4 Å². The molecule has 342 valence electrons. The Kier molecular flexibility index (Phi) is 20.9. The summed E-state index contributed by atoms with van der Waals surface area (Å²) < 4.78 is 16.7. The van der Waals surface area contributed by atoms with Crippen LogP contribution in [0, 0.1) is 0 Å². The summed E-state index contributed by atoms with van der Waals surface area (Å²) in [6, 6.07) is 4.90. The number of carbonyl (C=O) groups excluding carboxylic acids is 6. The summed E-state index contributed by atoms with van der Waals surface area (Å²) in [5, 5.41) is 24.6. The summed E-state index contributed by atoms with van der Waals surface area (Å²) in [6.07, 6.45) is 8.08. The number of anilines is 1. The molecular weight excluding hydrogens is 865 g/mol. The van der Waals surface area contributed by atoms with Crippen molar-refractivity contribution in [3.8, 4) is 0 Å². The van der Waals surface area contributed by atoms with Gasteiger partial charge in [-0.1, -0.05) is 35.7 Å². The Labute approximate surface area is 376 Å². The maximum atomic E-state index is 13.0. The van der Waals surface area contributed by atoms with Crippen LogP contribution in [0.3, 0.4) is 0 Å². The van der Waals surface area contributed by atoms with Crippen LogP contribution in [0.15, 0.2) is 24.4 Å². The number of unbranched alkanes of at least 4 members (excludes halogenated alkanes) is 1. The number of benzene rings is 1. The van der Waals surface area contributed by atoms with Crippen molar-refractivity contribution in [2.24, 2.45) is 0 Å². The highest BCUT2D eigenvalue weighted by molar-refractivity contribution is 8.00. The van der Waals surface area contributed by atoms with Crippen LogP contribution in [0.25, 0.3) is 0 Å². The SMILES string of the molecule is O=C(CCCC[C@@H]1SC[C@@H]2NC(=O)N[C@@H]21)NCCCOCCOCCOCCCNC(=O)CCCC(=O)N1CCC(NC(=O)c2[nH]ncc2NC(=O)c2c(Cl)cccc2Cl)CC1. The van der Waals surface area contributed by atoms with Crippen LogP contribution in [0.1, 0.15) is 91.5 Å². The molecule has 4 heterocycles. The Bertz CT molecular complexity index is 1780. The highest BCUT2D eigenvalue weighted by Gasteiger charge is 2.42. The minimum atomic E-state index is -0.576. The molecule has 0 saturated carbocycles. The highest BCUT2D eigenvalue weighted by Crippen LogP contribution is 2.33. The number of aromatic nitrogens is 2. The van der Waals surface area contributed by atoms with E-state index in [1.807, 2.05) is 11.8 Å². The van der Waals surface area contributed by atoms with E-state index in [2.05, 4.69) is 42.1 Å². The van der Waals surface area contributed by atoms with Crippen LogP contribution in [-0.4, -0.2) is 146 Å². The molecule has 0 aliphatic carbocycles. The van der Waals surface area contributed by atoms with E-state index >= 15 is 0 Å². The first-order valence-electron chi connectivity index (χ1n) is 21.4. The first-order chi connectivity index (χ1) is 30.1. The number of aromatic amines is 1. The normalized spacial score (nSPS) is 18.5. The lowest BCUT2D eigenvalue weighted by atomic mass is 10.0. The number of nitrogens with zero attached hydrogens (tertiary/aromatic N) is 2. The molecule has 3 aliphatic heterocycles. The van der Waals surface area contributed by atoms with Crippen LogP contribution >= 0.6 is 35.0 Å². The lowest BCUT2D eigenvalue weighted by Gasteiger charge is -2.32. The Balaban J connectivity index is 0.772. The molecule has 3 fully saturated rings. The van der Waals surface area contributed by atoms with Crippen molar-refractivity contribution >= 4 is 76.2 Å². The fourth-order valence-corrected chi connectivity index (χ4v) is 9.45. The van der Waals surface area contributed by atoms with Gasteiger partial charge in [-0.15, -0.1) is 0 Å². The summed E-state index contributed by atoms with van der Waals surface area (Å²) in [5.74, 6) is -0.157. The number of piperidine rings is 1. The number of thioether (sulfide) groups is 1. The molecule has 3 saturated heterocycles. The zero-order valence-corrected chi connectivity index (χ0v) is 37.2. The summed E-state index contributed by atoms with van der Waals surface area (Å²) in [7, 11) is 0. The fourth-order valence-electron chi connectivity index (χ4n) is 7.34. The van der Waals surface area contributed by atoms with Gasteiger partial charge in [0.25, 0.3) is 11.8 Å². The van der Waals surface area contributed by atoms with E-state index in [1.54, 1.807) is 23.1 Å². The van der Waals surface area contributed by atoms with Gasteiger partial charge in [-0.2, -0.15) is 16.9 Å². The molecule has 0 spiro atoms. The van der Waals surface area contributed by atoms with Gasteiger partial charge in [-0.3, -0.25) is 29.1 Å². The zero-order valence-electron chi connectivity index (χ0n) is 34.9. The number of nitrogens with one attached hydrogen (secondary N) is 7. The average molecular weight is 925 g/mol. The van der Waals surface area contributed by atoms with Gasteiger partial charge in [-0.05, 0) is 57.1 Å². The third kappa shape index (κ3) is 16.2. The van der Waals surface area contributed by atoms with E-state index in [1.165, 1.54) is 6.20 Å². The lowest BCUT2D eigenvalue weighted by Crippen LogP contribution is -2.46. The molecule has 0 radical (unpaired) electrons. The molecule has 0 unspecified atom stereocenters. The van der Waals surface area contributed by atoms with Crippen LogP contribution < -0.4 is 31.9 Å². The van der Waals surface area contributed by atoms with Crippen molar-refractivity contribution in [3.63, 3.8) is 0 Å². The standard InChI is InChI=1S/C41H59Cl2N9O9S/c42-28-7-3-8-29(43)36(28)39(56)48-30-25-46-51-38(30)40(57)47-27-13-17-52(18-14-27)35(55)12-4-11-34(54)45-16-6-20-60-22-24-61-23-21-59-19-5-15-44-33(53)10-2-1-9-32-37-31(26-62-32)49-41(58)50-37/h3,7-8,25,27,31-32,37H,1-2,4-6,9-24,26H2,(H,44,53)(H,45,54)(H,46,51)(H,47,57)(H,48,56)(H2,49,50,58)/t31-,32-,37-/m0/s1. The van der Waals surface area contributed by atoms with Crippen molar-refractivity contribution in [3.05, 3.63) is 45.7 Å². The predicted molar refractivity (Wildman–Crippen MR) is 236 cm³/mol. The second-order valence-electron chi connectivity index (χ2n) is 15.3. The molecule has 7 N–H and O–H groups in total. The number of hydrogen-bond acceptors (Lipinski definition) is 11. The lowest BCUT2D eigenvalue weighted by molar-refractivity contribution is -0.132. The minimum absolute atomic E-state index is 0.0292. The third-order valence-electron chi connectivity index (χ3n) is 10.7. The number of carbonyl (C=O) groups is 6. The molecule has 62 heavy (non-hydrogen) atoms. The Morgan fingerprint density at radius 1 is 0.790 bits per heavy atom. The number of H-pyrrole nitrogens is 1. The molecule has 1 aromatic heterocycles. The number of hydrogen-bond donors (Lipinski definition) is 7. The third-order valence-corrected chi connectivity index (χ3v) is 12.8. The van der Waals surface area contributed by atoms with Crippen molar-refractivity contribution in [2.75, 3.05) is 76.9 Å². The van der Waals surface area contributed by atoms with Gasteiger partial charge in [0.2, 0.25) is 17.7 Å². The highest BCUT2D eigenvalue weighted by atomic mass is 35.5. The molecule has 2 aromatic rings. The van der Waals surface area contributed by atoms with Crippen molar-refractivity contribution in [1.82, 2.24) is 41.7 Å². The number of rotatable bonds is 27. The number of likely N-dealkylation sites (tertiary alicyclic amines) is 1.